The molecule has 25 heavy (non-hydrogen) atoms. The predicted molar refractivity (Wildman–Crippen MR) is 94.7 cm³/mol. The number of rotatable bonds is 5. The van der Waals surface area contributed by atoms with Crippen LogP contribution in [0.3, 0.4) is 0 Å². The van der Waals surface area contributed by atoms with E-state index in [1.165, 1.54) is 6.07 Å². The zero-order valence-corrected chi connectivity index (χ0v) is 14.6. The van der Waals surface area contributed by atoms with Crippen molar-refractivity contribution in [3.63, 3.8) is 0 Å². The number of carbonyl (C=O) groups is 1. The fourth-order valence-electron chi connectivity index (χ4n) is 3.21. The molecule has 1 amide bonds. The van der Waals surface area contributed by atoms with Gasteiger partial charge in [-0.05, 0) is 31.2 Å². The van der Waals surface area contributed by atoms with Crippen molar-refractivity contribution < 1.29 is 13.6 Å². The monoisotopic (exact) mass is 364 g/mol. The Morgan fingerprint density at radius 1 is 1.24 bits per heavy atom. The average Bonchev–Trinajstić information content (AvgIpc) is 2.96. The van der Waals surface area contributed by atoms with Crippen molar-refractivity contribution in [3.05, 3.63) is 64.7 Å². The molecule has 1 fully saturated rings. The summed E-state index contributed by atoms with van der Waals surface area (Å²) in [5.74, 6) is -1.66. The predicted octanol–water partition coefficient (Wildman–Crippen LogP) is 4.25. The summed E-state index contributed by atoms with van der Waals surface area (Å²) in [6.07, 6.45) is 0.345. The van der Waals surface area contributed by atoms with Gasteiger partial charge < -0.3 is 9.80 Å². The summed E-state index contributed by atoms with van der Waals surface area (Å²) in [7, 11) is 0. The number of amides is 1. The molecule has 1 saturated heterocycles. The van der Waals surface area contributed by atoms with Gasteiger partial charge in [0.05, 0.1) is 6.04 Å². The molecule has 3 rings (SSSR count). The van der Waals surface area contributed by atoms with Gasteiger partial charge in [0.25, 0.3) is 0 Å². The van der Waals surface area contributed by atoms with Crippen LogP contribution in [0, 0.1) is 11.6 Å². The van der Waals surface area contributed by atoms with Gasteiger partial charge in [0, 0.05) is 42.3 Å². The largest absolute Gasteiger partial charge is 0.362 e. The van der Waals surface area contributed by atoms with Crippen molar-refractivity contribution >= 4 is 23.2 Å². The molecule has 0 unspecified atom stereocenters. The third-order valence-corrected chi connectivity index (χ3v) is 4.76. The lowest BCUT2D eigenvalue weighted by molar-refractivity contribution is -0.127. The highest BCUT2D eigenvalue weighted by Crippen LogP contribution is 2.28. The molecule has 3 nitrogen and oxygen atoms in total. The fourth-order valence-corrected chi connectivity index (χ4v) is 3.39. The number of nitrogens with zero attached hydrogens (tertiary/aromatic N) is 2. The third-order valence-electron chi connectivity index (χ3n) is 4.53. The molecule has 0 bridgehead atoms. The van der Waals surface area contributed by atoms with Gasteiger partial charge in [0.1, 0.15) is 0 Å². The van der Waals surface area contributed by atoms with Crippen LogP contribution in [-0.4, -0.2) is 29.9 Å². The highest BCUT2D eigenvalue weighted by atomic mass is 35.5. The molecule has 1 atom stereocenters. The van der Waals surface area contributed by atoms with Crippen molar-refractivity contribution in [1.82, 2.24) is 4.90 Å². The van der Waals surface area contributed by atoms with Gasteiger partial charge in [-0.3, -0.25) is 4.79 Å². The standard InChI is InChI=1S/C19H19ClF2N2O/c1-2-23-12-16(10-18(23)25)24(15-7-4-6-14(20)9-15)11-13-5-3-8-17(21)19(13)22/h3-9,16H,2,10-12H2,1H3/t16-/m0/s1. The molecular weight excluding hydrogens is 346 g/mol. The number of carbonyl (C=O) groups excluding carboxylic acids is 1. The van der Waals surface area contributed by atoms with Crippen LogP contribution >= 0.6 is 11.6 Å². The van der Waals surface area contributed by atoms with Crippen molar-refractivity contribution in [2.75, 3.05) is 18.0 Å². The van der Waals surface area contributed by atoms with E-state index in [0.29, 0.717) is 24.5 Å². The summed E-state index contributed by atoms with van der Waals surface area (Å²) in [5.41, 5.74) is 1.04. The van der Waals surface area contributed by atoms with E-state index in [4.69, 9.17) is 11.6 Å². The van der Waals surface area contributed by atoms with Crippen molar-refractivity contribution in [2.45, 2.75) is 25.9 Å². The molecule has 1 heterocycles. The van der Waals surface area contributed by atoms with Crippen LogP contribution < -0.4 is 4.90 Å². The first-order chi connectivity index (χ1) is 12.0. The second-order valence-electron chi connectivity index (χ2n) is 6.11. The maximum atomic E-state index is 14.2. The summed E-state index contributed by atoms with van der Waals surface area (Å²) >= 11 is 6.10. The first-order valence-corrected chi connectivity index (χ1v) is 8.60. The molecule has 0 spiro atoms. The highest BCUT2D eigenvalue weighted by molar-refractivity contribution is 6.30. The lowest BCUT2D eigenvalue weighted by Gasteiger charge is -2.31. The molecule has 0 radical (unpaired) electrons. The number of likely N-dealkylation sites (tertiary alicyclic amines) is 1. The Morgan fingerprint density at radius 2 is 2.00 bits per heavy atom. The van der Waals surface area contributed by atoms with Crippen LogP contribution in [0.25, 0.3) is 0 Å². The quantitative estimate of drug-likeness (QED) is 0.792. The van der Waals surface area contributed by atoms with E-state index in [1.807, 2.05) is 17.9 Å². The molecule has 0 aromatic heterocycles. The first-order valence-electron chi connectivity index (χ1n) is 8.22. The Labute approximate surface area is 150 Å². The SMILES string of the molecule is CCN1C[C@@H](N(Cc2cccc(F)c2F)c2cccc(Cl)c2)CC1=O. The topological polar surface area (TPSA) is 23.6 Å². The third kappa shape index (κ3) is 3.76. The second-order valence-corrected chi connectivity index (χ2v) is 6.55. The van der Waals surface area contributed by atoms with Crippen LogP contribution in [0.2, 0.25) is 5.02 Å². The minimum absolute atomic E-state index is 0.0687. The number of likely N-dealkylation sites (N-methyl/N-ethyl adjacent to an activating group) is 1. The van der Waals surface area contributed by atoms with Crippen LogP contribution in [0.5, 0.6) is 0 Å². The molecule has 0 N–H and O–H groups in total. The number of anilines is 1. The summed E-state index contributed by atoms with van der Waals surface area (Å²) in [6, 6.07) is 11.2. The smallest absolute Gasteiger partial charge is 0.224 e. The molecular formula is C19H19ClF2N2O. The van der Waals surface area contributed by atoms with E-state index >= 15 is 0 Å². The maximum Gasteiger partial charge on any atom is 0.224 e. The number of hydrogen-bond donors (Lipinski definition) is 0. The van der Waals surface area contributed by atoms with E-state index in [2.05, 4.69) is 0 Å². The Bertz CT molecular complexity index is 784. The zero-order chi connectivity index (χ0) is 18.0. The first kappa shape index (κ1) is 17.7. The van der Waals surface area contributed by atoms with Gasteiger partial charge in [-0.1, -0.05) is 29.8 Å². The minimum atomic E-state index is -0.874. The Balaban J connectivity index is 1.95. The molecule has 0 aliphatic carbocycles. The Morgan fingerprint density at radius 3 is 2.68 bits per heavy atom. The number of benzene rings is 2. The Hall–Kier alpha value is -2.14. The second kappa shape index (κ2) is 7.40. The summed E-state index contributed by atoms with van der Waals surface area (Å²) < 4.78 is 27.7. The number of hydrogen-bond acceptors (Lipinski definition) is 2. The zero-order valence-electron chi connectivity index (χ0n) is 13.9. The molecule has 2 aromatic carbocycles. The van der Waals surface area contributed by atoms with Crippen LogP contribution in [0.1, 0.15) is 18.9 Å². The molecule has 1 aliphatic heterocycles. The minimum Gasteiger partial charge on any atom is -0.362 e. The average molecular weight is 365 g/mol. The Kier molecular flexibility index (Phi) is 5.23. The van der Waals surface area contributed by atoms with Gasteiger partial charge in [-0.25, -0.2) is 8.78 Å². The summed E-state index contributed by atoms with van der Waals surface area (Å²) in [6.45, 7) is 3.28. The molecule has 1 aliphatic rings. The van der Waals surface area contributed by atoms with Gasteiger partial charge in [-0.15, -0.1) is 0 Å². The molecule has 2 aromatic rings. The molecule has 132 valence electrons. The summed E-state index contributed by atoms with van der Waals surface area (Å²) in [4.78, 5) is 15.8. The van der Waals surface area contributed by atoms with E-state index < -0.39 is 11.6 Å². The van der Waals surface area contributed by atoms with Crippen LogP contribution in [-0.2, 0) is 11.3 Å². The van der Waals surface area contributed by atoms with E-state index in [9.17, 15) is 13.6 Å². The number of halogens is 3. The van der Waals surface area contributed by atoms with Crippen LogP contribution in [0.15, 0.2) is 42.5 Å². The van der Waals surface area contributed by atoms with Gasteiger partial charge in [-0.2, -0.15) is 0 Å². The van der Waals surface area contributed by atoms with Gasteiger partial charge >= 0.3 is 0 Å². The van der Waals surface area contributed by atoms with E-state index in [-0.39, 0.29) is 24.1 Å². The lowest BCUT2D eigenvalue weighted by atomic mass is 10.1. The molecule has 6 heteroatoms. The van der Waals surface area contributed by atoms with Gasteiger partial charge in [0.15, 0.2) is 11.6 Å². The molecule has 0 saturated carbocycles. The lowest BCUT2D eigenvalue weighted by Crippen LogP contribution is -2.37. The van der Waals surface area contributed by atoms with Crippen molar-refractivity contribution in [3.8, 4) is 0 Å². The van der Waals surface area contributed by atoms with E-state index in [1.54, 1.807) is 29.2 Å². The van der Waals surface area contributed by atoms with Crippen LogP contribution in [0.4, 0.5) is 14.5 Å². The fraction of sp³-hybridized carbons (Fsp3) is 0.316. The van der Waals surface area contributed by atoms with Gasteiger partial charge in [0.2, 0.25) is 5.91 Å². The maximum absolute atomic E-state index is 14.2. The van der Waals surface area contributed by atoms with Crippen molar-refractivity contribution in [2.24, 2.45) is 0 Å². The van der Waals surface area contributed by atoms with Crippen molar-refractivity contribution in [1.29, 1.82) is 0 Å². The highest BCUT2D eigenvalue weighted by Gasteiger charge is 2.33. The normalized spacial score (nSPS) is 17.2. The summed E-state index contributed by atoms with van der Waals surface area (Å²) in [5, 5.41) is 0.555. The van der Waals surface area contributed by atoms with E-state index in [0.717, 1.165) is 11.8 Å².